The second kappa shape index (κ2) is 5.16. The number of benzene rings is 1. The molecule has 6 heteroatoms. The summed E-state index contributed by atoms with van der Waals surface area (Å²) in [7, 11) is 1.48. The Kier molecular flexibility index (Phi) is 3.78. The van der Waals surface area contributed by atoms with Gasteiger partial charge in [-0.15, -0.1) is 0 Å². The predicted molar refractivity (Wildman–Crippen MR) is 72.9 cm³/mol. The molecule has 0 unspecified atom stereocenters. The maximum atomic E-state index is 12.3. The summed E-state index contributed by atoms with van der Waals surface area (Å²) in [6, 6.07) is 1.50. The molecule has 2 rings (SSSR count). The zero-order valence-electron chi connectivity index (χ0n) is 10.0. The molecule has 0 amide bonds. The second-order valence-corrected chi connectivity index (χ2v) is 4.65. The van der Waals surface area contributed by atoms with Crippen LogP contribution in [0.3, 0.4) is 0 Å². The van der Waals surface area contributed by atoms with E-state index in [9.17, 15) is 4.79 Å². The molecule has 1 aromatic heterocycles. The Morgan fingerprint density at radius 3 is 2.72 bits per heavy atom. The molecule has 0 radical (unpaired) electrons. The molecule has 0 saturated carbocycles. The average molecular weight is 287 g/mol. The van der Waals surface area contributed by atoms with Gasteiger partial charge in [-0.1, -0.05) is 30.1 Å². The Balaban J connectivity index is 2.86. The normalized spacial score (nSPS) is 10.9. The molecular weight excluding hydrogens is 275 g/mol. The van der Waals surface area contributed by atoms with E-state index < -0.39 is 0 Å². The van der Waals surface area contributed by atoms with Crippen molar-refractivity contribution in [2.24, 2.45) is 0 Å². The summed E-state index contributed by atoms with van der Waals surface area (Å²) in [6.07, 6.45) is 2.33. The number of aryl methyl sites for hydroxylation is 1. The average Bonchev–Trinajstić information content (AvgIpc) is 2.32. The van der Waals surface area contributed by atoms with Crippen LogP contribution < -0.4 is 10.3 Å². The van der Waals surface area contributed by atoms with Crippen LogP contribution in [0.15, 0.2) is 17.2 Å². The third-order valence-corrected chi connectivity index (χ3v) is 3.21. The van der Waals surface area contributed by atoms with Crippen molar-refractivity contribution in [3.63, 3.8) is 0 Å². The molecule has 96 valence electrons. The first-order valence-electron chi connectivity index (χ1n) is 5.51. The van der Waals surface area contributed by atoms with Crippen LogP contribution in [0.1, 0.15) is 13.3 Å². The van der Waals surface area contributed by atoms with E-state index in [1.54, 1.807) is 0 Å². The Bertz CT molecular complexity index is 653. The number of halogens is 2. The van der Waals surface area contributed by atoms with Gasteiger partial charge in [0.25, 0.3) is 5.56 Å². The topological polar surface area (TPSA) is 44.1 Å². The van der Waals surface area contributed by atoms with E-state index >= 15 is 0 Å². The molecule has 0 spiro atoms. The van der Waals surface area contributed by atoms with E-state index in [0.717, 1.165) is 6.42 Å². The summed E-state index contributed by atoms with van der Waals surface area (Å²) in [5, 5.41) is 0.975. The van der Waals surface area contributed by atoms with Crippen molar-refractivity contribution < 1.29 is 4.74 Å². The fraction of sp³-hybridized carbons (Fsp3) is 0.333. The Morgan fingerprint density at radius 1 is 1.39 bits per heavy atom. The first-order valence-corrected chi connectivity index (χ1v) is 6.26. The maximum absolute atomic E-state index is 12.3. The fourth-order valence-electron chi connectivity index (χ4n) is 1.83. The van der Waals surface area contributed by atoms with Gasteiger partial charge in [-0.3, -0.25) is 9.36 Å². The minimum absolute atomic E-state index is 0.179. The zero-order valence-corrected chi connectivity index (χ0v) is 11.5. The monoisotopic (exact) mass is 286 g/mol. The molecule has 1 heterocycles. The molecule has 0 aliphatic carbocycles. The van der Waals surface area contributed by atoms with Crippen molar-refractivity contribution in [3.05, 3.63) is 32.8 Å². The summed E-state index contributed by atoms with van der Waals surface area (Å²) in [6.45, 7) is 2.59. The number of rotatable bonds is 3. The Morgan fingerprint density at radius 2 is 2.11 bits per heavy atom. The van der Waals surface area contributed by atoms with Gasteiger partial charge < -0.3 is 4.74 Å². The maximum Gasteiger partial charge on any atom is 0.262 e. The molecule has 0 fully saturated rings. The van der Waals surface area contributed by atoms with Gasteiger partial charge in [-0.05, 0) is 12.5 Å². The number of methoxy groups -OCH3 is 1. The number of aromatic nitrogens is 2. The first-order chi connectivity index (χ1) is 8.60. The second-order valence-electron chi connectivity index (χ2n) is 3.84. The third-order valence-electron chi connectivity index (χ3n) is 2.63. The van der Waals surface area contributed by atoms with Crippen LogP contribution in [0, 0.1) is 0 Å². The highest BCUT2D eigenvalue weighted by molar-refractivity contribution is 6.39. The molecule has 0 atom stereocenters. The van der Waals surface area contributed by atoms with Crippen molar-refractivity contribution in [2.45, 2.75) is 19.9 Å². The molecule has 0 aliphatic heterocycles. The quantitative estimate of drug-likeness (QED) is 0.871. The highest BCUT2D eigenvalue weighted by Crippen LogP contribution is 2.35. The molecular formula is C12H12Cl2N2O2. The lowest BCUT2D eigenvalue weighted by molar-refractivity contribution is 0.419. The third kappa shape index (κ3) is 2.06. The van der Waals surface area contributed by atoms with Gasteiger partial charge in [0.1, 0.15) is 5.52 Å². The molecule has 4 nitrogen and oxygen atoms in total. The lowest BCUT2D eigenvalue weighted by Gasteiger charge is -2.10. The van der Waals surface area contributed by atoms with E-state index in [1.165, 1.54) is 24.1 Å². The van der Waals surface area contributed by atoms with Gasteiger partial charge in [0, 0.05) is 6.54 Å². The van der Waals surface area contributed by atoms with Crippen molar-refractivity contribution >= 4 is 34.1 Å². The lowest BCUT2D eigenvalue weighted by Crippen LogP contribution is -2.21. The molecule has 18 heavy (non-hydrogen) atoms. The van der Waals surface area contributed by atoms with E-state index in [4.69, 9.17) is 27.9 Å². The van der Waals surface area contributed by atoms with Gasteiger partial charge in [-0.2, -0.15) is 0 Å². The molecule has 2 aromatic rings. The van der Waals surface area contributed by atoms with Gasteiger partial charge >= 0.3 is 0 Å². The predicted octanol–water partition coefficient (Wildman–Crippen LogP) is 3.12. The summed E-state index contributed by atoms with van der Waals surface area (Å²) >= 11 is 12.1. The van der Waals surface area contributed by atoms with E-state index in [1.807, 2.05) is 6.92 Å². The Hall–Kier alpha value is -1.26. The highest BCUT2D eigenvalue weighted by atomic mass is 35.5. The summed E-state index contributed by atoms with van der Waals surface area (Å²) in [4.78, 5) is 16.5. The van der Waals surface area contributed by atoms with Crippen LogP contribution >= 0.6 is 23.2 Å². The zero-order chi connectivity index (χ0) is 13.3. The minimum Gasteiger partial charge on any atom is -0.493 e. The fourth-order valence-corrected chi connectivity index (χ4v) is 2.44. The number of nitrogens with zero attached hydrogens (tertiary/aromatic N) is 2. The number of fused-ring (bicyclic) bond motifs is 1. The first kappa shape index (κ1) is 13.2. The summed E-state index contributed by atoms with van der Waals surface area (Å²) in [5.74, 6) is 0.372. The van der Waals surface area contributed by atoms with Crippen molar-refractivity contribution in [1.29, 1.82) is 0 Å². The highest BCUT2D eigenvalue weighted by Gasteiger charge is 2.15. The lowest BCUT2D eigenvalue weighted by atomic mass is 10.2. The molecule has 1 aromatic carbocycles. The largest absolute Gasteiger partial charge is 0.493 e. The van der Waals surface area contributed by atoms with E-state index in [0.29, 0.717) is 33.2 Å². The van der Waals surface area contributed by atoms with Crippen LogP contribution in [0.4, 0.5) is 0 Å². The van der Waals surface area contributed by atoms with Gasteiger partial charge in [0.15, 0.2) is 5.75 Å². The van der Waals surface area contributed by atoms with Gasteiger partial charge in [0.2, 0.25) is 0 Å². The van der Waals surface area contributed by atoms with Crippen LogP contribution in [-0.4, -0.2) is 16.7 Å². The summed E-state index contributed by atoms with van der Waals surface area (Å²) < 4.78 is 6.70. The van der Waals surface area contributed by atoms with E-state index in [2.05, 4.69) is 4.98 Å². The SMILES string of the molecule is CCCn1cnc2c(OC)c(Cl)cc(Cl)c2c1=O. The number of hydrogen-bond donors (Lipinski definition) is 0. The van der Waals surface area contributed by atoms with Crippen LogP contribution in [0.5, 0.6) is 5.75 Å². The van der Waals surface area contributed by atoms with Crippen molar-refractivity contribution in [1.82, 2.24) is 9.55 Å². The minimum atomic E-state index is -0.179. The molecule has 0 N–H and O–H groups in total. The standard InChI is InChI=1S/C12H12Cl2N2O2/c1-3-4-16-6-15-10-9(12(16)17)7(13)5-8(14)11(10)18-2/h5-6H,3-4H2,1-2H3. The van der Waals surface area contributed by atoms with E-state index in [-0.39, 0.29) is 5.56 Å². The number of hydrogen-bond acceptors (Lipinski definition) is 3. The van der Waals surface area contributed by atoms with Crippen LogP contribution in [-0.2, 0) is 6.54 Å². The molecule has 0 aliphatic rings. The van der Waals surface area contributed by atoms with Gasteiger partial charge in [-0.25, -0.2) is 4.98 Å². The Labute approximate surface area is 114 Å². The van der Waals surface area contributed by atoms with Crippen LogP contribution in [0.25, 0.3) is 10.9 Å². The van der Waals surface area contributed by atoms with Gasteiger partial charge in [0.05, 0.1) is 28.9 Å². The summed E-state index contributed by atoms with van der Waals surface area (Å²) in [5.41, 5.74) is 0.217. The molecule has 0 saturated heterocycles. The van der Waals surface area contributed by atoms with Crippen molar-refractivity contribution in [2.75, 3.05) is 7.11 Å². The van der Waals surface area contributed by atoms with Crippen LogP contribution in [0.2, 0.25) is 10.0 Å². The number of ether oxygens (including phenoxy) is 1. The molecule has 0 bridgehead atoms. The smallest absolute Gasteiger partial charge is 0.262 e. The van der Waals surface area contributed by atoms with Crippen molar-refractivity contribution in [3.8, 4) is 5.75 Å².